The highest BCUT2D eigenvalue weighted by molar-refractivity contribution is 5.94. The summed E-state index contributed by atoms with van der Waals surface area (Å²) in [5.74, 6) is -0.0773. The van der Waals surface area contributed by atoms with Crippen LogP contribution < -0.4 is 5.32 Å². The molecule has 22 heavy (non-hydrogen) atoms. The van der Waals surface area contributed by atoms with E-state index in [1.807, 2.05) is 53.1 Å². The maximum absolute atomic E-state index is 13.8. The van der Waals surface area contributed by atoms with Gasteiger partial charge in [-0.3, -0.25) is 14.2 Å². The minimum absolute atomic E-state index is 0.0773. The fourth-order valence-electron chi connectivity index (χ4n) is 2.93. The number of hydrogen-bond donors (Lipinski definition) is 1. The molecule has 2 aromatic rings. The average Bonchev–Trinajstić information content (AvgIpc) is 2.48. The van der Waals surface area contributed by atoms with Crippen LogP contribution in [0.15, 0.2) is 36.7 Å². The summed E-state index contributed by atoms with van der Waals surface area (Å²) in [5.41, 5.74) is 0.594. The Morgan fingerprint density at radius 3 is 2.36 bits per heavy atom. The van der Waals surface area contributed by atoms with Crippen molar-refractivity contribution in [2.24, 2.45) is 7.05 Å². The van der Waals surface area contributed by atoms with Crippen molar-refractivity contribution in [3.05, 3.63) is 42.2 Å². The first kappa shape index (κ1) is 14.9. The zero-order valence-electron chi connectivity index (χ0n) is 13.1. The number of amides is 1. The lowest BCUT2D eigenvalue weighted by molar-refractivity contribution is 0.0850. The highest BCUT2D eigenvalue weighted by Gasteiger charge is 2.31. The smallest absolute Gasteiger partial charge is 0.251 e. The first-order valence-corrected chi connectivity index (χ1v) is 7.75. The number of rotatable bonds is 3. The van der Waals surface area contributed by atoms with Crippen LogP contribution in [0.1, 0.15) is 43.0 Å². The maximum Gasteiger partial charge on any atom is 0.251 e. The zero-order valence-corrected chi connectivity index (χ0v) is 13.1. The van der Waals surface area contributed by atoms with Crippen molar-refractivity contribution in [1.29, 1.82) is 0 Å². The molecule has 0 aliphatic heterocycles. The SMILES string of the molecule is Cn1ccn1-c1ccc(C(=O)NC2CCC(C)(F)CC2)cc1. The van der Waals surface area contributed by atoms with Crippen molar-refractivity contribution in [3.63, 3.8) is 0 Å². The maximum atomic E-state index is 13.8. The highest BCUT2D eigenvalue weighted by atomic mass is 19.1. The average molecular weight is 303 g/mol. The lowest BCUT2D eigenvalue weighted by atomic mass is 9.85. The van der Waals surface area contributed by atoms with E-state index in [1.54, 1.807) is 6.92 Å². The summed E-state index contributed by atoms with van der Waals surface area (Å²) in [5, 5.41) is 3.01. The molecular formula is C17H22FN3O. The topological polar surface area (TPSA) is 39.0 Å². The third-order valence-corrected chi connectivity index (χ3v) is 4.52. The largest absolute Gasteiger partial charge is 0.349 e. The minimum Gasteiger partial charge on any atom is -0.349 e. The standard InChI is InChI=1S/C17H22FN3O/c1-17(18)9-7-14(8-10-17)19-16(22)13-3-5-15(6-4-13)21-12-11-20(21)2/h3-6,11-12,14H,7-10H2,1-2H3,(H,19,22). The van der Waals surface area contributed by atoms with Gasteiger partial charge in [-0.25, -0.2) is 4.39 Å². The van der Waals surface area contributed by atoms with E-state index in [0.29, 0.717) is 31.2 Å². The van der Waals surface area contributed by atoms with Gasteiger partial charge < -0.3 is 5.32 Å². The molecule has 1 aromatic carbocycles. The van der Waals surface area contributed by atoms with Gasteiger partial charge in [0.15, 0.2) is 0 Å². The summed E-state index contributed by atoms with van der Waals surface area (Å²) in [4.78, 5) is 12.3. The van der Waals surface area contributed by atoms with Gasteiger partial charge in [0.05, 0.1) is 5.69 Å². The molecule has 0 unspecified atom stereocenters. The van der Waals surface area contributed by atoms with Crippen LogP contribution in [0.5, 0.6) is 0 Å². The van der Waals surface area contributed by atoms with Crippen LogP contribution in [0.4, 0.5) is 4.39 Å². The molecular weight excluding hydrogens is 281 g/mol. The molecule has 1 heterocycles. The summed E-state index contributed by atoms with van der Waals surface area (Å²) in [6.45, 7) is 1.64. The summed E-state index contributed by atoms with van der Waals surface area (Å²) in [7, 11) is 1.96. The first-order chi connectivity index (χ1) is 10.4. The number of nitrogens with zero attached hydrogens (tertiary/aromatic N) is 2. The monoisotopic (exact) mass is 303 g/mol. The molecule has 1 aliphatic rings. The van der Waals surface area contributed by atoms with Crippen LogP contribution >= 0.6 is 0 Å². The normalized spacial score (nSPS) is 25.1. The van der Waals surface area contributed by atoms with Crippen molar-refractivity contribution in [2.45, 2.75) is 44.3 Å². The molecule has 1 aliphatic carbocycles. The van der Waals surface area contributed by atoms with Gasteiger partial charge in [-0.05, 0) is 56.9 Å². The van der Waals surface area contributed by atoms with E-state index in [1.165, 1.54) is 0 Å². The van der Waals surface area contributed by atoms with Gasteiger partial charge in [-0.15, -0.1) is 0 Å². The van der Waals surface area contributed by atoms with E-state index in [0.717, 1.165) is 5.69 Å². The predicted octanol–water partition coefficient (Wildman–Crippen LogP) is 3.22. The van der Waals surface area contributed by atoms with Gasteiger partial charge in [0, 0.05) is 31.0 Å². The van der Waals surface area contributed by atoms with Gasteiger partial charge in [0.25, 0.3) is 5.91 Å². The number of aryl methyl sites for hydroxylation is 1. The molecule has 118 valence electrons. The predicted molar refractivity (Wildman–Crippen MR) is 84.0 cm³/mol. The second-order valence-corrected chi connectivity index (χ2v) is 6.42. The fraction of sp³-hybridized carbons (Fsp3) is 0.471. The Labute approximate surface area is 129 Å². The molecule has 1 aromatic heterocycles. The number of alkyl halides is 1. The molecule has 0 radical (unpaired) electrons. The highest BCUT2D eigenvalue weighted by Crippen LogP contribution is 2.31. The fourth-order valence-corrected chi connectivity index (χ4v) is 2.93. The van der Waals surface area contributed by atoms with Crippen molar-refractivity contribution >= 4 is 5.91 Å². The lowest BCUT2D eigenvalue weighted by Gasteiger charge is -2.31. The number of benzene rings is 1. The molecule has 1 fully saturated rings. The number of hydrogen-bond acceptors (Lipinski definition) is 1. The van der Waals surface area contributed by atoms with Gasteiger partial charge in [0.2, 0.25) is 0 Å². The van der Waals surface area contributed by atoms with E-state index in [9.17, 15) is 9.18 Å². The molecule has 0 bridgehead atoms. The Kier molecular flexibility index (Phi) is 3.81. The van der Waals surface area contributed by atoms with Crippen LogP contribution in [0, 0.1) is 0 Å². The zero-order chi connectivity index (χ0) is 15.7. The third kappa shape index (κ3) is 3.08. The van der Waals surface area contributed by atoms with Crippen molar-refractivity contribution in [1.82, 2.24) is 14.7 Å². The summed E-state index contributed by atoms with van der Waals surface area (Å²) in [6.07, 6.45) is 6.38. The van der Waals surface area contributed by atoms with Gasteiger partial charge in [0.1, 0.15) is 5.67 Å². The van der Waals surface area contributed by atoms with Crippen LogP contribution in [-0.2, 0) is 7.05 Å². The molecule has 4 nitrogen and oxygen atoms in total. The van der Waals surface area contributed by atoms with Crippen LogP contribution in [0.2, 0.25) is 0 Å². The van der Waals surface area contributed by atoms with Crippen LogP contribution in [-0.4, -0.2) is 27.0 Å². The molecule has 1 saturated carbocycles. The Morgan fingerprint density at radius 1 is 1.23 bits per heavy atom. The van der Waals surface area contributed by atoms with E-state index < -0.39 is 5.67 Å². The molecule has 3 rings (SSSR count). The Bertz CT molecular complexity index is 644. The van der Waals surface area contributed by atoms with Gasteiger partial charge >= 0.3 is 0 Å². The van der Waals surface area contributed by atoms with Crippen LogP contribution in [0.25, 0.3) is 5.69 Å². The van der Waals surface area contributed by atoms with Crippen LogP contribution in [0.3, 0.4) is 0 Å². The van der Waals surface area contributed by atoms with E-state index in [-0.39, 0.29) is 11.9 Å². The van der Waals surface area contributed by atoms with Crippen molar-refractivity contribution in [3.8, 4) is 5.69 Å². The molecule has 5 heteroatoms. The Hall–Kier alpha value is -2.04. The number of carbonyl (C=O) groups is 1. The number of carbonyl (C=O) groups excluding carboxylic acids is 1. The lowest BCUT2D eigenvalue weighted by Crippen LogP contribution is -2.40. The summed E-state index contributed by atoms with van der Waals surface area (Å²) >= 11 is 0. The summed E-state index contributed by atoms with van der Waals surface area (Å²) < 4.78 is 17.7. The number of aromatic nitrogens is 2. The van der Waals surface area contributed by atoms with Crippen molar-refractivity contribution in [2.75, 3.05) is 0 Å². The van der Waals surface area contributed by atoms with Gasteiger partial charge in [-0.2, -0.15) is 0 Å². The third-order valence-electron chi connectivity index (χ3n) is 4.52. The quantitative estimate of drug-likeness (QED) is 0.929. The first-order valence-electron chi connectivity index (χ1n) is 7.75. The summed E-state index contributed by atoms with van der Waals surface area (Å²) in [6, 6.07) is 7.59. The van der Waals surface area contributed by atoms with Gasteiger partial charge in [-0.1, -0.05) is 0 Å². The molecule has 0 spiro atoms. The van der Waals surface area contributed by atoms with E-state index in [4.69, 9.17) is 0 Å². The van der Waals surface area contributed by atoms with E-state index in [2.05, 4.69) is 5.32 Å². The number of nitrogens with one attached hydrogen (secondary N) is 1. The minimum atomic E-state index is -1.07. The number of halogens is 1. The molecule has 0 atom stereocenters. The second-order valence-electron chi connectivity index (χ2n) is 6.42. The van der Waals surface area contributed by atoms with E-state index >= 15 is 0 Å². The van der Waals surface area contributed by atoms with Crippen molar-refractivity contribution < 1.29 is 9.18 Å². The Morgan fingerprint density at radius 2 is 1.86 bits per heavy atom. The molecule has 0 saturated heterocycles. The Balaban J connectivity index is 1.60. The molecule has 1 N–H and O–H groups in total. The second kappa shape index (κ2) is 5.63. The molecule has 1 amide bonds.